The number of hydrogen-bond acceptors (Lipinski definition) is 6. The maximum Gasteiger partial charge on any atom is 0.150 e. The summed E-state index contributed by atoms with van der Waals surface area (Å²) in [5, 5.41) is 2.06. The largest absolute Gasteiger partial charge is 0.497 e. The van der Waals surface area contributed by atoms with Crippen LogP contribution in [-0.2, 0) is 6.54 Å². The van der Waals surface area contributed by atoms with Gasteiger partial charge in [0, 0.05) is 16.0 Å². The number of thiazole rings is 1. The van der Waals surface area contributed by atoms with Gasteiger partial charge in [-0.15, -0.1) is 11.3 Å². The lowest BCUT2D eigenvalue weighted by Crippen LogP contribution is -2.14. The molecule has 0 saturated carbocycles. The van der Waals surface area contributed by atoms with Gasteiger partial charge in [0.05, 0.1) is 19.2 Å². The Hall–Kier alpha value is -2.18. The van der Waals surface area contributed by atoms with E-state index in [-0.39, 0.29) is 0 Å². The molecule has 0 aliphatic carbocycles. The first-order valence-corrected chi connectivity index (χ1v) is 9.20. The van der Waals surface area contributed by atoms with Gasteiger partial charge >= 0.3 is 0 Å². The van der Waals surface area contributed by atoms with Crippen LogP contribution in [0, 0.1) is 6.92 Å². The predicted octanol–water partition coefficient (Wildman–Crippen LogP) is 4.76. The monoisotopic (exact) mass is 357 g/mol. The Morgan fingerprint density at radius 2 is 2.00 bits per heavy atom. The second-order valence-electron chi connectivity index (χ2n) is 5.34. The lowest BCUT2D eigenvalue weighted by molar-refractivity contribution is 0.414. The molecule has 124 valence electrons. The van der Waals surface area contributed by atoms with Crippen molar-refractivity contribution in [3.8, 4) is 5.75 Å². The van der Waals surface area contributed by atoms with Crippen molar-refractivity contribution in [1.82, 2.24) is 4.98 Å². The molecular formula is C18H19N3OS2. The highest BCUT2D eigenvalue weighted by Crippen LogP contribution is 2.32. The Labute approximate surface area is 150 Å². The molecule has 4 nitrogen and oxygen atoms in total. The van der Waals surface area contributed by atoms with Crippen LogP contribution < -0.4 is 14.8 Å². The molecule has 0 amide bonds. The Morgan fingerprint density at radius 1 is 1.21 bits per heavy atom. The van der Waals surface area contributed by atoms with Gasteiger partial charge in [0.25, 0.3) is 0 Å². The summed E-state index contributed by atoms with van der Waals surface area (Å²) < 4.78 is 7.41. The van der Waals surface area contributed by atoms with Crippen LogP contribution in [0.25, 0.3) is 0 Å². The van der Waals surface area contributed by atoms with Crippen molar-refractivity contribution in [2.75, 3.05) is 17.1 Å². The number of rotatable bonds is 6. The van der Waals surface area contributed by atoms with Gasteiger partial charge in [-0.05, 0) is 60.3 Å². The predicted molar refractivity (Wildman–Crippen MR) is 103 cm³/mol. The second kappa shape index (κ2) is 7.59. The van der Waals surface area contributed by atoms with Crippen LogP contribution in [0.5, 0.6) is 5.75 Å². The number of nitrogen functional groups attached to an aromatic ring is 1. The summed E-state index contributed by atoms with van der Waals surface area (Å²) in [5.41, 5.74) is 10.9. The number of anilines is 2. The summed E-state index contributed by atoms with van der Waals surface area (Å²) in [7, 11) is 1.68. The van der Waals surface area contributed by atoms with E-state index in [9.17, 15) is 0 Å². The average Bonchev–Trinajstić information content (AvgIpc) is 3.13. The lowest BCUT2D eigenvalue weighted by atomic mass is 10.2. The van der Waals surface area contributed by atoms with Crippen LogP contribution in [0.2, 0.25) is 0 Å². The average molecular weight is 358 g/mol. The number of aryl methyl sites for hydroxylation is 1. The maximum absolute atomic E-state index is 5.92. The van der Waals surface area contributed by atoms with Gasteiger partial charge in [-0.1, -0.05) is 12.1 Å². The molecule has 0 atom stereocenters. The van der Waals surface area contributed by atoms with Crippen LogP contribution in [0.1, 0.15) is 11.1 Å². The number of nitrogens with zero attached hydrogens (tertiary/aromatic N) is 2. The van der Waals surface area contributed by atoms with E-state index in [1.165, 1.54) is 5.56 Å². The number of aromatic nitrogens is 1. The molecule has 0 aliphatic rings. The molecule has 0 bridgehead atoms. The molecule has 0 spiro atoms. The highest BCUT2D eigenvalue weighted by atomic mass is 32.2. The summed E-state index contributed by atoms with van der Waals surface area (Å²) in [6.45, 7) is 2.78. The molecule has 24 heavy (non-hydrogen) atoms. The number of benzene rings is 2. The van der Waals surface area contributed by atoms with Crippen LogP contribution in [-0.4, -0.2) is 12.1 Å². The number of ether oxygens (including phenoxy) is 1. The fourth-order valence-electron chi connectivity index (χ4n) is 2.22. The zero-order chi connectivity index (χ0) is 16.9. The Morgan fingerprint density at radius 3 is 2.62 bits per heavy atom. The van der Waals surface area contributed by atoms with Crippen molar-refractivity contribution in [2.24, 2.45) is 0 Å². The minimum absolute atomic E-state index is 0.752. The standard InChI is InChI=1S/C18H19N3OS2/c1-13-9-16(7-8-17(13)19)24-21(18-11-23-12-20-18)10-14-3-5-15(22-2)6-4-14/h3-9,11-12H,10,19H2,1-2H3. The third kappa shape index (κ3) is 4.01. The van der Waals surface area contributed by atoms with Crippen molar-refractivity contribution in [1.29, 1.82) is 0 Å². The molecule has 0 radical (unpaired) electrons. The fraction of sp³-hybridized carbons (Fsp3) is 0.167. The van der Waals surface area contributed by atoms with Crippen LogP contribution in [0.3, 0.4) is 0 Å². The molecule has 6 heteroatoms. The van der Waals surface area contributed by atoms with E-state index in [0.717, 1.165) is 34.3 Å². The quantitative estimate of drug-likeness (QED) is 0.509. The van der Waals surface area contributed by atoms with E-state index in [1.807, 2.05) is 36.7 Å². The Kier molecular flexibility index (Phi) is 5.27. The molecular weight excluding hydrogens is 338 g/mol. The van der Waals surface area contributed by atoms with E-state index in [1.54, 1.807) is 30.4 Å². The molecule has 0 aliphatic heterocycles. The van der Waals surface area contributed by atoms with E-state index >= 15 is 0 Å². The van der Waals surface area contributed by atoms with Crippen molar-refractivity contribution < 1.29 is 4.74 Å². The van der Waals surface area contributed by atoms with E-state index < -0.39 is 0 Å². The summed E-state index contributed by atoms with van der Waals surface area (Å²) >= 11 is 3.26. The Bertz CT molecular complexity index is 789. The molecule has 0 unspecified atom stereocenters. The normalized spacial score (nSPS) is 10.6. The van der Waals surface area contributed by atoms with Gasteiger partial charge in [-0.25, -0.2) is 4.98 Å². The minimum Gasteiger partial charge on any atom is -0.497 e. The first-order chi connectivity index (χ1) is 11.7. The van der Waals surface area contributed by atoms with E-state index in [4.69, 9.17) is 10.5 Å². The summed E-state index contributed by atoms with van der Waals surface area (Å²) in [6.07, 6.45) is 0. The fourth-order valence-corrected chi connectivity index (χ4v) is 3.84. The van der Waals surface area contributed by atoms with Crippen molar-refractivity contribution in [3.63, 3.8) is 0 Å². The third-order valence-electron chi connectivity index (χ3n) is 3.62. The van der Waals surface area contributed by atoms with Crippen molar-refractivity contribution >= 4 is 34.8 Å². The molecule has 0 saturated heterocycles. The van der Waals surface area contributed by atoms with Crippen molar-refractivity contribution in [2.45, 2.75) is 18.4 Å². The van der Waals surface area contributed by atoms with Gasteiger partial charge in [-0.2, -0.15) is 0 Å². The molecule has 3 aromatic rings. The van der Waals surface area contributed by atoms with Crippen molar-refractivity contribution in [3.05, 3.63) is 64.5 Å². The topological polar surface area (TPSA) is 51.4 Å². The lowest BCUT2D eigenvalue weighted by Gasteiger charge is -2.21. The molecule has 2 aromatic carbocycles. The maximum atomic E-state index is 5.92. The summed E-state index contributed by atoms with van der Waals surface area (Å²) in [4.78, 5) is 5.60. The van der Waals surface area contributed by atoms with Gasteiger partial charge in [0.1, 0.15) is 11.6 Å². The molecule has 1 aromatic heterocycles. The molecule has 0 fully saturated rings. The number of methoxy groups -OCH3 is 1. The van der Waals surface area contributed by atoms with Crippen LogP contribution in [0.15, 0.2) is 58.3 Å². The number of nitrogens with two attached hydrogens (primary N) is 1. The van der Waals surface area contributed by atoms with Gasteiger partial charge in [0.2, 0.25) is 0 Å². The van der Waals surface area contributed by atoms with Gasteiger partial charge in [0.15, 0.2) is 0 Å². The minimum atomic E-state index is 0.752. The van der Waals surface area contributed by atoms with Gasteiger partial charge < -0.3 is 10.5 Å². The summed E-state index contributed by atoms with van der Waals surface area (Å²) in [6, 6.07) is 14.2. The molecule has 3 rings (SSSR count). The summed E-state index contributed by atoms with van der Waals surface area (Å²) in [5.74, 6) is 1.82. The van der Waals surface area contributed by atoms with Crippen LogP contribution in [0.4, 0.5) is 11.5 Å². The third-order valence-corrected chi connectivity index (χ3v) is 5.19. The molecule has 2 N–H and O–H groups in total. The zero-order valence-electron chi connectivity index (χ0n) is 13.6. The second-order valence-corrected chi connectivity index (χ2v) is 7.15. The number of hydrogen-bond donors (Lipinski definition) is 1. The smallest absolute Gasteiger partial charge is 0.150 e. The molecule has 1 heterocycles. The van der Waals surface area contributed by atoms with Gasteiger partial charge in [-0.3, -0.25) is 4.31 Å². The van der Waals surface area contributed by atoms with Crippen LogP contribution >= 0.6 is 23.3 Å². The SMILES string of the molecule is COc1ccc(CN(Sc2ccc(N)c(C)c2)c2cscn2)cc1. The van der Waals surface area contributed by atoms with E-state index in [2.05, 4.69) is 32.9 Å². The van der Waals surface area contributed by atoms with E-state index in [0.29, 0.717) is 0 Å². The first-order valence-electron chi connectivity index (χ1n) is 7.48. The zero-order valence-corrected chi connectivity index (χ0v) is 15.2. The highest BCUT2D eigenvalue weighted by Gasteiger charge is 2.12. The first kappa shape index (κ1) is 16.7. The Balaban J connectivity index is 1.82. The highest BCUT2D eigenvalue weighted by molar-refractivity contribution is 8.00.